The third-order valence-corrected chi connectivity index (χ3v) is 4.06. The Kier molecular flexibility index (Phi) is 7.11. The van der Waals surface area contributed by atoms with Crippen LogP contribution in [0.5, 0.6) is 0 Å². The molecule has 2 rings (SSSR count). The second-order valence-electron chi connectivity index (χ2n) is 5.67. The van der Waals surface area contributed by atoms with Gasteiger partial charge in [-0.1, -0.05) is 6.92 Å². The van der Waals surface area contributed by atoms with Crippen LogP contribution in [0.15, 0.2) is 0 Å². The quantitative estimate of drug-likeness (QED) is 0.859. The Bertz CT molecular complexity index is 283. The summed E-state index contributed by atoms with van der Waals surface area (Å²) >= 11 is 0. The molecule has 0 aromatic heterocycles. The topological polar surface area (TPSA) is 41.6 Å². The first-order valence-electron chi connectivity index (χ1n) is 7.33. The van der Waals surface area contributed by atoms with Crippen molar-refractivity contribution in [2.75, 3.05) is 26.2 Å². The average Bonchev–Trinajstić information content (AvgIpc) is 2.88. The Morgan fingerprint density at radius 3 is 2.84 bits per heavy atom. The summed E-state index contributed by atoms with van der Waals surface area (Å²) in [5.74, 6) is 1.02. The monoisotopic (exact) mass is 290 g/mol. The first kappa shape index (κ1) is 16.7. The van der Waals surface area contributed by atoms with Crippen molar-refractivity contribution in [1.82, 2.24) is 10.2 Å². The van der Waals surface area contributed by atoms with Gasteiger partial charge in [-0.2, -0.15) is 0 Å². The molecule has 2 aliphatic heterocycles. The highest BCUT2D eigenvalue weighted by Crippen LogP contribution is 2.18. The van der Waals surface area contributed by atoms with Gasteiger partial charge in [0.1, 0.15) is 0 Å². The molecule has 112 valence electrons. The van der Waals surface area contributed by atoms with E-state index in [1.165, 1.54) is 6.42 Å². The van der Waals surface area contributed by atoms with E-state index in [1.807, 2.05) is 4.90 Å². The van der Waals surface area contributed by atoms with E-state index in [9.17, 15) is 4.79 Å². The predicted octanol–water partition coefficient (Wildman–Crippen LogP) is 1.82. The maximum absolute atomic E-state index is 12.2. The standard InChI is InChI=1S/C14H26N2O2.ClH/c1-3-13-10-16(9-11(2)18-13)14(17)5-4-12-6-7-15-8-12;/h11-13,15H,3-10H2,1-2H3;1H. The minimum absolute atomic E-state index is 0. The van der Waals surface area contributed by atoms with Gasteiger partial charge >= 0.3 is 0 Å². The number of amides is 1. The summed E-state index contributed by atoms with van der Waals surface area (Å²) in [6.07, 6.45) is 4.36. The minimum Gasteiger partial charge on any atom is -0.372 e. The summed E-state index contributed by atoms with van der Waals surface area (Å²) in [5.41, 5.74) is 0. The van der Waals surface area contributed by atoms with Crippen LogP contribution in [0.4, 0.5) is 0 Å². The van der Waals surface area contributed by atoms with E-state index in [1.54, 1.807) is 0 Å². The molecule has 2 fully saturated rings. The predicted molar refractivity (Wildman–Crippen MR) is 78.7 cm³/mol. The zero-order valence-electron chi connectivity index (χ0n) is 12.1. The molecule has 0 bridgehead atoms. The lowest BCUT2D eigenvalue weighted by molar-refractivity contribution is -0.144. The summed E-state index contributed by atoms with van der Waals surface area (Å²) in [7, 11) is 0. The summed E-state index contributed by atoms with van der Waals surface area (Å²) in [6, 6.07) is 0. The van der Waals surface area contributed by atoms with Crippen molar-refractivity contribution in [3.63, 3.8) is 0 Å². The molecule has 3 atom stereocenters. The number of rotatable bonds is 4. The molecular weight excluding hydrogens is 264 g/mol. The smallest absolute Gasteiger partial charge is 0.222 e. The highest BCUT2D eigenvalue weighted by molar-refractivity contribution is 5.85. The van der Waals surface area contributed by atoms with Gasteiger partial charge in [-0.3, -0.25) is 4.79 Å². The van der Waals surface area contributed by atoms with Crippen LogP contribution in [0.25, 0.3) is 0 Å². The molecule has 2 aliphatic rings. The number of ether oxygens (including phenoxy) is 1. The van der Waals surface area contributed by atoms with Gasteiger partial charge in [-0.05, 0) is 45.2 Å². The summed E-state index contributed by atoms with van der Waals surface area (Å²) < 4.78 is 5.79. The van der Waals surface area contributed by atoms with Gasteiger partial charge in [0.25, 0.3) is 0 Å². The molecule has 0 aromatic carbocycles. The fourth-order valence-corrected chi connectivity index (χ4v) is 2.92. The Balaban J connectivity index is 0.00000180. The van der Waals surface area contributed by atoms with Crippen LogP contribution in [-0.4, -0.2) is 49.2 Å². The number of hydrogen-bond donors (Lipinski definition) is 1. The third-order valence-electron chi connectivity index (χ3n) is 4.06. The maximum Gasteiger partial charge on any atom is 0.222 e. The zero-order chi connectivity index (χ0) is 13.0. The van der Waals surface area contributed by atoms with Crippen LogP contribution in [0.1, 0.15) is 39.5 Å². The van der Waals surface area contributed by atoms with Crippen molar-refractivity contribution in [3.05, 3.63) is 0 Å². The fourth-order valence-electron chi connectivity index (χ4n) is 2.92. The molecule has 5 heteroatoms. The van der Waals surface area contributed by atoms with Gasteiger partial charge in [-0.25, -0.2) is 0 Å². The molecule has 0 aromatic rings. The van der Waals surface area contributed by atoms with Crippen LogP contribution < -0.4 is 5.32 Å². The molecule has 0 aliphatic carbocycles. The van der Waals surface area contributed by atoms with Crippen LogP contribution in [-0.2, 0) is 9.53 Å². The number of nitrogens with one attached hydrogen (secondary N) is 1. The van der Waals surface area contributed by atoms with Crippen molar-refractivity contribution in [1.29, 1.82) is 0 Å². The molecule has 0 spiro atoms. The van der Waals surface area contributed by atoms with Crippen LogP contribution in [0.3, 0.4) is 0 Å². The largest absolute Gasteiger partial charge is 0.372 e. The zero-order valence-corrected chi connectivity index (χ0v) is 12.9. The number of halogens is 1. The van der Waals surface area contributed by atoms with E-state index in [-0.39, 0.29) is 24.6 Å². The molecule has 1 N–H and O–H groups in total. The van der Waals surface area contributed by atoms with Gasteiger partial charge in [0.05, 0.1) is 12.2 Å². The van der Waals surface area contributed by atoms with Crippen molar-refractivity contribution in [3.8, 4) is 0 Å². The Hall–Kier alpha value is -0.320. The van der Waals surface area contributed by atoms with E-state index in [0.717, 1.165) is 39.0 Å². The van der Waals surface area contributed by atoms with E-state index in [2.05, 4.69) is 19.2 Å². The van der Waals surface area contributed by atoms with Crippen molar-refractivity contribution in [2.24, 2.45) is 5.92 Å². The molecule has 0 radical (unpaired) electrons. The molecular formula is C14H27ClN2O2. The molecule has 3 unspecified atom stereocenters. The fraction of sp³-hybridized carbons (Fsp3) is 0.929. The van der Waals surface area contributed by atoms with Gasteiger partial charge in [0, 0.05) is 19.5 Å². The molecule has 19 heavy (non-hydrogen) atoms. The molecule has 4 nitrogen and oxygen atoms in total. The lowest BCUT2D eigenvalue weighted by Gasteiger charge is -2.36. The average molecular weight is 291 g/mol. The van der Waals surface area contributed by atoms with Gasteiger partial charge in [-0.15, -0.1) is 12.4 Å². The lowest BCUT2D eigenvalue weighted by Crippen LogP contribution is -2.49. The van der Waals surface area contributed by atoms with Crippen molar-refractivity contribution in [2.45, 2.75) is 51.7 Å². The third kappa shape index (κ3) is 4.93. The summed E-state index contributed by atoms with van der Waals surface area (Å²) in [5, 5.41) is 3.35. The van der Waals surface area contributed by atoms with E-state index in [4.69, 9.17) is 4.74 Å². The van der Waals surface area contributed by atoms with E-state index in [0.29, 0.717) is 18.2 Å². The van der Waals surface area contributed by atoms with Crippen LogP contribution >= 0.6 is 12.4 Å². The second kappa shape index (κ2) is 8.08. The molecule has 2 heterocycles. The number of carbonyl (C=O) groups excluding carboxylic acids is 1. The number of carbonyl (C=O) groups is 1. The minimum atomic E-state index is 0. The van der Waals surface area contributed by atoms with Crippen molar-refractivity contribution >= 4 is 18.3 Å². The maximum atomic E-state index is 12.2. The highest BCUT2D eigenvalue weighted by atomic mass is 35.5. The SMILES string of the molecule is CCC1CN(C(=O)CCC2CCNC2)CC(C)O1.Cl. The molecule has 2 saturated heterocycles. The van der Waals surface area contributed by atoms with E-state index >= 15 is 0 Å². The first-order valence-corrected chi connectivity index (χ1v) is 7.33. The number of morpholine rings is 1. The molecule has 1 amide bonds. The normalized spacial score (nSPS) is 31.1. The van der Waals surface area contributed by atoms with Gasteiger partial charge in [0.2, 0.25) is 5.91 Å². The number of nitrogens with zero attached hydrogens (tertiary/aromatic N) is 1. The van der Waals surface area contributed by atoms with Crippen LogP contribution in [0.2, 0.25) is 0 Å². The van der Waals surface area contributed by atoms with Gasteiger partial charge in [0.15, 0.2) is 0 Å². The number of hydrogen-bond acceptors (Lipinski definition) is 3. The second-order valence-corrected chi connectivity index (χ2v) is 5.67. The van der Waals surface area contributed by atoms with Crippen molar-refractivity contribution < 1.29 is 9.53 Å². The van der Waals surface area contributed by atoms with E-state index < -0.39 is 0 Å². The Morgan fingerprint density at radius 1 is 1.42 bits per heavy atom. The van der Waals surface area contributed by atoms with Crippen LogP contribution in [0, 0.1) is 5.92 Å². The molecule has 0 saturated carbocycles. The summed E-state index contributed by atoms with van der Waals surface area (Å²) in [4.78, 5) is 14.2. The highest BCUT2D eigenvalue weighted by Gasteiger charge is 2.27. The summed E-state index contributed by atoms with van der Waals surface area (Å²) in [6.45, 7) is 7.93. The first-order chi connectivity index (χ1) is 8.69. The Labute approximate surface area is 122 Å². The Morgan fingerprint density at radius 2 is 2.21 bits per heavy atom. The van der Waals surface area contributed by atoms with Gasteiger partial charge < -0.3 is 15.0 Å². The lowest BCUT2D eigenvalue weighted by atomic mass is 10.0.